The van der Waals surface area contributed by atoms with Crippen LogP contribution in [0.15, 0.2) is 18.2 Å². The van der Waals surface area contributed by atoms with Crippen molar-refractivity contribution in [1.82, 2.24) is 5.32 Å². The van der Waals surface area contributed by atoms with Crippen LogP contribution in [0.3, 0.4) is 0 Å². The van der Waals surface area contributed by atoms with E-state index in [4.69, 9.17) is 5.26 Å². The predicted octanol–water partition coefficient (Wildman–Crippen LogP) is 2.34. The number of benzene rings is 1. The zero-order valence-electron chi connectivity index (χ0n) is 10.9. The standard InChI is InChI=1S/C15H19FN2O/c16-14-7-11(8-17)5-6-12(14)9-18-10-13-3-1-2-4-15(13)19/h5-7,13,15,18-19H,1-4,9-10H2. The van der Waals surface area contributed by atoms with Gasteiger partial charge in [0.25, 0.3) is 0 Å². The van der Waals surface area contributed by atoms with Crippen molar-refractivity contribution in [3.63, 3.8) is 0 Å². The molecule has 4 heteroatoms. The average molecular weight is 262 g/mol. The molecule has 0 bridgehead atoms. The number of nitriles is 1. The van der Waals surface area contributed by atoms with Gasteiger partial charge in [-0.05, 0) is 30.9 Å². The fourth-order valence-electron chi connectivity index (χ4n) is 2.58. The van der Waals surface area contributed by atoms with Gasteiger partial charge in [0, 0.05) is 18.7 Å². The minimum atomic E-state index is -0.351. The van der Waals surface area contributed by atoms with Gasteiger partial charge >= 0.3 is 0 Å². The smallest absolute Gasteiger partial charge is 0.129 e. The molecule has 1 saturated carbocycles. The van der Waals surface area contributed by atoms with E-state index in [0.29, 0.717) is 24.2 Å². The van der Waals surface area contributed by atoms with Gasteiger partial charge in [-0.2, -0.15) is 5.26 Å². The average Bonchev–Trinajstić information content (AvgIpc) is 2.42. The number of nitrogens with one attached hydrogen (secondary N) is 1. The number of aliphatic hydroxyl groups excluding tert-OH is 1. The zero-order valence-corrected chi connectivity index (χ0v) is 10.9. The van der Waals surface area contributed by atoms with E-state index in [1.807, 2.05) is 6.07 Å². The van der Waals surface area contributed by atoms with E-state index in [-0.39, 0.29) is 17.8 Å². The number of nitrogens with zero attached hydrogens (tertiary/aromatic N) is 1. The lowest BCUT2D eigenvalue weighted by molar-refractivity contribution is 0.0695. The molecule has 2 unspecified atom stereocenters. The fraction of sp³-hybridized carbons (Fsp3) is 0.533. The van der Waals surface area contributed by atoms with Gasteiger partial charge in [0.15, 0.2) is 0 Å². The van der Waals surface area contributed by atoms with Crippen LogP contribution >= 0.6 is 0 Å². The highest BCUT2D eigenvalue weighted by Gasteiger charge is 2.22. The van der Waals surface area contributed by atoms with Crippen LogP contribution in [0.5, 0.6) is 0 Å². The summed E-state index contributed by atoms with van der Waals surface area (Å²) in [4.78, 5) is 0. The molecule has 1 aliphatic rings. The van der Waals surface area contributed by atoms with Gasteiger partial charge < -0.3 is 10.4 Å². The second kappa shape index (κ2) is 6.65. The van der Waals surface area contributed by atoms with Crippen molar-refractivity contribution >= 4 is 0 Å². The van der Waals surface area contributed by atoms with Crippen molar-refractivity contribution in [2.75, 3.05) is 6.54 Å². The molecule has 2 rings (SSSR count). The van der Waals surface area contributed by atoms with E-state index in [1.54, 1.807) is 12.1 Å². The summed E-state index contributed by atoms with van der Waals surface area (Å²) >= 11 is 0. The highest BCUT2D eigenvalue weighted by Crippen LogP contribution is 2.23. The minimum absolute atomic E-state index is 0.230. The van der Waals surface area contributed by atoms with Crippen LogP contribution in [-0.4, -0.2) is 17.8 Å². The van der Waals surface area contributed by atoms with Crippen LogP contribution in [0.25, 0.3) is 0 Å². The summed E-state index contributed by atoms with van der Waals surface area (Å²) in [6, 6.07) is 6.43. The summed E-state index contributed by atoms with van der Waals surface area (Å²) in [5.74, 6) is -0.0778. The number of hydrogen-bond acceptors (Lipinski definition) is 3. The van der Waals surface area contributed by atoms with Crippen LogP contribution in [0.2, 0.25) is 0 Å². The van der Waals surface area contributed by atoms with E-state index in [9.17, 15) is 9.50 Å². The summed E-state index contributed by atoms with van der Waals surface area (Å²) in [5.41, 5.74) is 0.897. The van der Waals surface area contributed by atoms with Gasteiger partial charge in [-0.1, -0.05) is 18.9 Å². The second-order valence-electron chi connectivity index (χ2n) is 5.16. The maximum atomic E-state index is 13.6. The Bertz CT molecular complexity index is 470. The van der Waals surface area contributed by atoms with Crippen LogP contribution < -0.4 is 5.32 Å². The Hall–Kier alpha value is -1.44. The van der Waals surface area contributed by atoms with Crippen molar-refractivity contribution in [3.8, 4) is 6.07 Å². The molecular formula is C15H19FN2O. The lowest BCUT2D eigenvalue weighted by Gasteiger charge is -2.27. The van der Waals surface area contributed by atoms with Crippen LogP contribution in [0.4, 0.5) is 4.39 Å². The summed E-state index contributed by atoms with van der Waals surface area (Å²) in [6.45, 7) is 1.14. The maximum absolute atomic E-state index is 13.6. The quantitative estimate of drug-likeness (QED) is 0.875. The first-order valence-electron chi connectivity index (χ1n) is 6.78. The molecule has 1 aliphatic carbocycles. The molecule has 3 nitrogen and oxygen atoms in total. The SMILES string of the molecule is N#Cc1ccc(CNCC2CCCCC2O)c(F)c1. The van der Waals surface area contributed by atoms with E-state index in [2.05, 4.69) is 5.32 Å². The molecule has 0 heterocycles. The second-order valence-corrected chi connectivity index (χ2v) is 5.16. The highest BCUT2D eigenvalue weighted by atomic mass is 19.1. The van der Waals surface area contributed by atoms with Crippen LogP contribution in [-0.2, 0) is 6.54 Å². The number of hydrogen-bond donors (Lipinski definition) is 2. The lowest BCUT2D eigenvalue weighted by atomic mass is 9.86. The minimum Gasteiger partial charge on any atom is -0.393 e. The molecule has 0 saturated heterocycles. The van der Waals surface area contributed by atoms with Gasteiger partial charge in [0.2, 0.25) is 0 Å². The summed E-state index contributed by atoms with van der Waals surface area (Å²) < 4.78 is 13.6. The number of rotatable bonds is 4. The Morgan fingerprint density at radius 2 is 2.16 bits per heavy atom. The van der Waals surface area contributed by atoms with E-state index in [1.165, 1.54) is 6.07 Å². The Morgan fingerprint density at radius 3 is 2.84 bits per heavy atom. The summed E-state index contributed by atoms with van der Waals surface area (Å²) in [5, 5.41) is 21.7. The van der Waals surface area contributed by atoms with Crippen molar-refractivity contribution in [2.45, 2.75) is 38.3 Å². The Kier molecular flexibility index (Phi) is 4.89. The monoisotopic (exact) mass is 262 g/mol. The molecule has 2 atom stereocenters. The Morgan fingerprint density at radius 1 is 1.37 bits per heavy atom. The Balaban J connectivity index is 1.84. The number of halogens is 1. The lowest BCUT2D eigenvalue weighted by Crippen LogP contribution is -2.33. The zero-order chi connectivity index (χ0) is 13.7. The third kappa shape index (κ3) is 3.76. The maximum Gasteiger partial charge on any atom is 0.129 e. The van der Waals surface area contributed by atoms with E-state index >= 15 is 0 Å². The predicted molar refractivity (Wildman–Crippen MR) is 70.8 cm³/mol. The topological polar surface area (TPSA) is 56.0 Å². The Labute approximate surface area is 113 Å². The molecule has 0 aliphatic heterocycles. The molecule has 0 radical (unpaired) electrons. The molecule has 0 aromatic heterocycles. The van der Waals surface area contributed by atoms with Crippen molar-refractivity contribution < 1.29 is 9.50 Å². The van der Waals surface area contributed by atoms with Crippen molar-refractivity contribution in [1.29, 1.82) is 5.26 Å². The normalized spacial score (nSPS) is 23.0. The van der Waals surface area contributed by atoms with Crippen molar-refractivity contribution in [2.24, 2.45) is 5.92 Å². The molecule has 1 fully saturated rings. The van der Waals surface area contributed by atoms with Crippen LogP contribution in [0, 0.1) is 23.1 Å². The van der Waals surface area contributed by atoms with Crippen molar-refractivity contribution in [3.05, 3.63) is 35.1 Å². The molecule has 19 heavy (non-hydrogen) atoms. The first-order valence-corrected chi connectivity index (χ1v) is 6.78. The first kappa shape index (κ1) is 14.0. The molecule has 0 amide bonds. The van der Waals surface area contributed by atoms with Gasteiger partial charge in [-0.25, -0.2) is 4.39 Å². The molecule has 2 N–H and O–H groups in total. The molecule has 1 aromatic carbocycles. The highest BCUT2D eigenvalue weighted by molar-refractivity contribution is 5.32. The van der Waals surface area contributed by atoms with Gasteiger partial charge in [-0.3, -0.25) is 0 Å². The van der Waals surface area contributed by atoms with E-state index in [0.717, 1.165) is 25.7 Å². The molecule has 1 aromatic rings. The van der Waals surface area contributed by atoms with Crippen LogP contribution in [0.1, 0.15) is 36.8 Å². The van der Waals surface area contributed by atoms with Gasteiger partial charge in [0.05, 0.1) is 17.7 Å². The number of aliphatic hydroxyl groups is 1. The first-order chi connectivity index (χ1) is 9.20. The third-order valence-electron chi connectivity index (χ3n) is 3.77. The molecule has 0 spiro atoms. The summed E-state index contributed by atoms with van der Waals surface area (Å²) in [6.07, 6.45) is 3.94. The molecule has 102 valence electrons. The van der Waals surface area contributed by atoms with Gasteiger partial charge in [0.1, 0.15) is 5.82 Å². The largest absolute Gasteiger partial charge is 0.393 e. The third-order valence-corrected chi connectivity index (χ3v) is 3.77. The summed E-state index contributed by atoms with van der Waals surface area (Å²) in [7, 11) is 0. The molecular weight excluding hydrogens is 243 g/mol. The van der Waals surface area contributed by atoms with E-state index < -0.39 is 0 Å². The fourth-order valence-corrected chi connectivity index (χ4v) is 2.58. The van der Waals surface area contributed by atoms with Gasteiger partial charge in [-0.15, -0.1) is 0 Å².